The Morgan fingerprint density at radius 1 is 1.12 bits per heavy atom. The van der Waals surface area contributed by atoms with Gasteiger partial charge in [-0.05, 0) is 41.7 Å². The van der Waals surface area contributed by atoms with Crippen LogP contribution >= 0.6 is 11.6 Å². The van der Waals surface area contributed by atoms with E-state index in [2.05, 4.69) is 5.32 Å². The van der Waals surface area contributed by atoms with Crippen molar-refractivity contribution in [2.24, 2.45) is 0 Å². The zero-order chi connectivity index (χ0) is 18.6. The maximum atomic E-state index is 12.8. The van der Waals surface area contributed by atoms with Crippen LogP contribution in [0.25, 0.3) is 0 Å². The van der Waals surface area contributed by atoms with Crippen molar-refractivity contribution in [1.29, 1.82) is 0 Å². The van der Waals surface area contributed by atoms with Crippen LogP contribution in [0.3, 0.4) is 0 Å². The summed E-state index contributed by atoms with van der Waals surface area (Å²) in [5.74, 6) is -0.369. The predicted molar refractivity (Wildman–Crippen MR) is 94.0 cm³/mol. The monoisotopic (exact) mass is 369 g/mol. The van der Waals surface area contributed by atoms with E-state index in [0.717, 1.165) is 23.3 Å². The normalized spacial score (nSPS) is 11.4. The first-order chi connectivity index (χ1) is 11.8. The van der Waals surface area contributed by atoms with Crippen LogP contribution in [0.1, 0.15) is 36.1 Å². The van der Waals surface area contributed by atoms with Gasteiger partial charge in [-0.1, -0.05) is 49.7 Å². The molecule has 0 aliphatic heterocycles. The Labute approximate surface area is 150 Å². The van der Waals surface area contributed by atoms with Crippen LogP contribution in [0.5, 0.6) is 0 Å². The van der Waals surface area contributed by atoms with Gasteiger partial charge < -0.3 is 5.32 Å². The number of anilines is 1. The van der Waals surface area contributed by atoms with Gasteiger partial charge in [0, 0.05) is 10.7 Å². The van der Waals surface area contributed by atoms with Crippen molar-refractivity contribution in [3.05, 3.63) is 63.7 Å². The lowest BCUT2D eigenvalue weighted by molar-refractivity contribution is -0.137. The van der Waals surface area contributed by atoms with E-state index in [0.29, 0.717) is 29.1 Å². The summed E-state index contributed by atoms with van der Waals surface area (Å²) in [4.78, 5) is 12.4. The topological polar surface area (TPSA) is 29.1 Å². The Kier molecular flexibility index (Phi) is 6.11. The van der Waals surface area contributed by atoms with E-state index in [9.17, 15) is 18.0 Å². The highest BCUT2D eigenvalue weighted by Gasteiger charge is 2.30. The highest BCUT2D eigenvalue weighted by molar-refractivity contribution is 6.32. The smallest absolute Gasteiger partial charge is 0.325 e. The molecule has 2 rings (SSSR count). The number of rotatable bonds is 5. The lowest BCUT2D eigenvalue weighted by Gasteiger charge is -2.16. The standard InChI is InChI=1S/C19H19ClF3NO/c1-3-13-8-9-16(20)15(4-2)18(13)24-17(25)11-12-6-5-7-14(10-12)19(21,22)23/h5-10H,3-4,11H2,1-2H3,(H,24,25). The number of hydrogen-bond acceptors (Lipinski definition) is 1. The second-order valence-corrected chi connectivity index (χ2v) is 6.10. The molecule has 0 radical (unpaired) electrons. The van der Waals surface area contributed by atoms with Crippen LogP contribution < -0.4 is 5.32 Å². The van der Waals surface area contributed by atoms with Gasteiger partial charge in [0.15, 0.2) is 0 Å². The molecule has 6 heteroatoms. The molecule has 0 spiro atoms. The van der Waals surface area contributed by atoms with Crippen molar-refractivity contribution >= 4 is 23.2 Å². The van der Waals surface area contributed by atoms with Crippen molar-refractivity contribution < 1.29 is 18.0 Å². The van der Waals surface area contributed by atoms with Gasteiger partial charge >= 0.3 is 6.18 Å². The average Bonchev–Trinajstić information content (AvgIpc) is 2.55. The molecular weight excluding hydrogens is 351 g/mol. The number of hydrogen-bond donors (Lipinski definition) is 1. The first-order valence-corrected chi connectivity index (χ1v) is 8.40. The molecule has 134 valence electrons. The van der Waals surface area contributed by atoms with E-state index in [1.165, 1.54) is 12.1 Å². The number of halogens is 4. The van der Waals surface area contributed by atoms with E-state index in [1.54, 1.807) is 6.07 Å². The second kappa shape index (κ2) is 7.91. The van der Waals surface area contributed by atoms with Gasteiger partial charge in [0.2, 0.25) is 5.91 Å². The zero-order valence-electron chi connectivity index (χ0n) is 14.0. The first-order valence-electron chi connectivity index (χ1n) is 8.02. The summed E-state index contributed by atoms with van der Waals surface area (Å²) in [6, 6.07) is 8.44. The predicted octanol–water partition coefficient (Wildman–Crippen LogP) is 5.66. The lowest BCUT2D eigenvalue weighted by atomic mass is 10.0. The number of alkyl halides is 3. The second-order valence-electron chi connectivity index (χ2n) is 5.69. The Balaban J connectivity index is 2.23. The van der Waals surface area contributed by atoms with E-state index in [1.807, 2.05) is 19.9 Å². The maximum absolute atomic E-state index is 12.8. The van der Waals surface area contributed by atoms with Crippen molar-refractivity contribution in [3.63, 3.8) is 0 Å². The van der Waals surface area contributed by atoms with Gasteiger partial charge in [0.1, 0.15) is 0 Å². The summed E-state index contributed by atoms with van der Waals surface area (Å²) in [5, 5.41) is 3.39. The third-order valence-corrected chi connectivity index (χ3v) is 4.31. The molecule has 0 fully saturated rings. The van der Waals surface area contributed by atoms with Crippen LogP contribution in [0.4, 0.5) is 18.9 Å². The molecule has 25 heavy (non-hydrogen) atoms. The van der Waals surface area contributed by atoms with Crippen LogP contribution in [0.15, 0.2) is 36.4 Å². The fourth-order valence-corrected chi connectivity index (χ4v) is 2.98. The fourth-order valence-electron chi connectivity index (χ4n) is 2.69. The van der Waals surface area contributed by atoms with Gasteiger partial charge in [-0.3, -0.25) is 4.79 Å². The number of amides is 1. The Morgan fingerprint density at radius 3 is 2.44 bits per heavy atom. The SMILES string of the molecule is CCc1ccc(Cl)c(CC)c1NC(=O)Cc1cccc(C(F)(F)F)c1. The molecule has 0 saturated heterocycles. The van der Waals surface area contributed by atoms with E-state index >= 15 is 0 Å². The Morgan fingerprint density at radius 2 is 1.84 bits per heavy atom. The molecular formula is C19H19ClF3NO. The third-order valence-electron chi connectivity index (χ3n) is 3.96. The van der Waals surface area contributed by atoms with E-state index in [-0.39, 0.29) is 12.3 Å². The minimum atomic E-state index is -4.43. The first kappa shape index (κ1) is 19.3. The molecule has 0 aliphatic carbocycles. The maximum Gasteiger partial charge on any atom is 0.416 e. The summed E-state index contributed by atoms with van der Waals surface area (Å²) in [6.45, 7) is 3.90. The van der Waals surface area contributed by atoms with Crippen LogP contribution in [0, 0.1) is 0 Å². The Hall–Kier alpha value is -2.01. The van der Waals surface area contributed by atoms with Crippen LogP contribution in [0.2, 0.25) is 5.02 Å². The molecule has 0 atom stereocenters. The highest BCUT2D eigenvalue weighted by Crippen LogP contribution is 2.31. The molecule has 0 bridgehead atoms. The number of nitrogens with one attached hydrogen (secondary N) is 1. The quantitative estimate of drug-likeness (QED) is 0.723. The lowest BCUT2D eigenvalue weighted by Crippen LogP contribution is -2.17. The van der Waals surface area contributed by atoms with Crippen LogP contribution in [-0.4, -0.2) is 5.91 Å². The summed E-state index contributed by atoms with van der Waals surface area (Å²) in [7, 11) is 0. The number of carbonyl (C=O) groups excluding carboxylic acids is 1. The minimum absolute atomic E-state index is 0.136. The Bertz CT molecular complexity index is 772. The highest BCUT2D eigenvalue weighted by atomic mass is 35.5. The van der Waals surface area contributed by atoms with Gasteiger partial charge in [0.05, 0.1) is 12.0 Å². The third kappa shape index (κ3) is 4.75. The van der Waals surface area contributed by atoms with Crippen molar-refractivity contribution in [2.75, 3.05) is 5.32 Å². The number of benzene rings is 2. The molecule has 2 nitrogen and oxygen atoms in total. The summed E-state index contributed by atoms with van der Waals surface area (Å²) < 4.78 is 38.3. The summed E-state index contributed by atoms with van der Waals surface area (Å²) in [6.07, 6.45) is -3.21. The molecule has 2 aromatic carbocycles. The molecule has 1 amide bonds. The number of carbonyl (C=O) groups is 1. The molecule has 0 saturated carbocycles. The molecule has 0 unspecified atom stereocenters. The van der Waals surface area contributed by atoms with Gasteiger partial charge in [0.25, 0.3) is 0 Å². The molecule has 1 N–H and O–H groups in total. The van der Waals surface area contributed by atoms with Gasteiger partial charge in [-0.2, -0.15) is 13.2 Å². The van der Waals surface area contributed by atoms with E-state index in [4.69, 9.17) is 11.6 Å². The molecule has 0 aliphatic rings. The van der Waals surface area contributed by atoms with Crippen molar-refractivity contribution in [3.8, 4) is 0 Å². The van der Waals surface area contributed by atoms with Gasteiger partial charge in [-0.25, -0.2) is 0 Å². The van der Waals surface area contributed by atoms with Crippen molar-refractivity contribution in [1.82, 2.24) is 0 Å². The van der Waals surface area contributed by atoms with Gasteiger partial charge in [-0.15, -0.1) is 0 Å². The molecule has 2 aromatic rings. The zero-order valence-corrected chi connectivity index (χ0v) is 14.8. The van der Waals surface area contributed by atoms with Crippen molar-refractivity contribution in [2.45, 2.75) is 39.3 Å². The van der Waals surface area contributed by atoms with E-state index < -0.39 is 11.7 Å². The average molecular weight is 370 g/mol. The number of aryl methyl sites for hydroxylation is 1. The summed E-state index contributed by atoms with van der Waals surface area (Å²) in [5.41, 5.74) is 1.99. The largest absolute Gasteiger partial charge is 0.416 e. The van der Waals surface area contributed by atoms with Crippen LogP contribution in [-0.2, 0) is 30.2 Å². The molecule has 0 aromatic heterocycles. The summed E-state index contributed by atoms with van der Waals surface area (Å²) >= 11 is 6.20. The fraction of sp³-hybridized carbons (Fsp3) is 0.316. The molecule has 0 heterocycles. The minimum Gasteiger partial charge on any atom is -0.325 e.